The highest BCUT2D eigenvalue weighted by Gasteiger charge is 2.36. The summed E-state index contributed by atoms with van der Waals surface area (Å²) in [5.74, 6) is 1.18. The molecule has 5 heteroatoms. The van der Waals surface area contributed by atoms with Gasteiger partial charge in [0.15, 0.2) is 0 Å². The third kappa shape index (κ3) is 2.66. The number of carbonyl (C=O) groups excluding carboxylic acids is 1. The molecular formula is C14H19NO4. The lowest BCUT2D eigenvalue weighted by molar-refractivity contribution is -0.145. The Morgan fingerprint density at radius 1 is 1.21 bits per heavy atom. The standard InChI is InChI=1S/C14H19NO4/c1-17-9-4-5-13(18-2)10(6-9)11-7-15-8-12(11)14(16)19-3/h4-6,11-12,15H,7-8H2,1-3H3. The van der Waals surface area contributed by atoms with Crippen LogP contribution in [0.2, 0.25) is 0 Å². The maximum Gasteiger partial charge on any atom is 0.310 e. The second-order valence-corrected chi connectivity index (χ2v) is 4.50. The van der Waals surface area contributed by atoms with E-state index in [0.717, 1.165) is 23.6 Å². The van der Waals surface area contributed by atoms with E-state index in [-0.39, 0.29) is 17.8 Å². The first-order valence-corrected chi connectivity index (χ1v) is 6.21. The number of benzene rings is 1. The summed E-state index contributed by atoms with van der Waals surface area (Å²) in [5, 5.41) is 3.23. The van der Waals surface area contributed by atoms with Crippen molar-refractivity contribution in [1.82, 2.24) is 5.32 Å². The summed E-state index contributed by atoms with van der Waals surface area (Å²) in [6.45, 7) is 1.35. The van der Waals surface area contributed by atoms with Gasteiger partial charge in [-0.25, -0.2) is 0 Å². The molecule has 1 heterocycles. The van der Waals surface area contributed by atoms with Crippen LogP contribution in [0.15, 0.2) is 18.2 Å². The van der Waals surface area contributed by atoms with E-state index in [9.17, 15) is 4.79 Å². The first kappa shape index (κ1) is 13.7. The lowest BCUT2D eigenvalue weighted by Crippen LogP contribution is -2.23. The molecule has 0 saturated carbocycles. The van der Waals surface area contributed by atoms with Gasteiger partial charge in [-0.15, -0.1) is 0 Å². The Morgan fingerprint density at radius 3 is 2.63 bits per heavy atom. The largest absolute Gasteiger partial charge is 0.497 e. The highest BCUT2D eigenvalue weighted by molar-refractivity contribution is 5.74. The molecule has 0 aliphatic carbocycles. The SMILES string of the molecule is COC(=O)C1CNCC1c1cc(OC)ccc1OC. The molecule has 1 aromatic carbocycles. The van der Waals surface area contributed by atoms with Crippen LogP contribution in [-0.4, -0.2) is 40.4 Å². The molecule has 0 aromatic heterocycles. The fourth-order valence-corrected chi connectivity index (χ4v) is 2.53. The summed E-state index contributed by atoms with van der Waals surface area (Å²) in [4.78, 5) is 11.8. The fourth-order valence-electron chi connectivity index (χ4n) is 2.53. The Kier molecular flexibility index (Phi) is 4.27. The van der Waals surface area contributed by atoms with Crippen LogP contribution in [-0.2, 0) is 9.53 Å². The van der Waals surface area contributed by atoms with Crippen molar-refractivity contribution < 1.29 is 19.0 Å². The Morgan fingerprint density at radius 2 is 2.00 bits per heavy atom. The van der Waals surface area contributed by atoms with E-state index in [2.05, 4.69) is 5.32 Å². The predicted octanol–water partition coefficient (Wildman–Crippen LogP) is 1.18. The van der Waals surface area contributed by atoms with Crippen molar-refractivity contribution in [1.29, 1.82) is 0 Å². The van der Waals surface area contributed by atoms with Crippen LogP contribution in [0.3, 0.4) is 0 Å². The first-order chi connectivity index (χ1) is 9.21. The molecule has 5 nitrogen and oxygen atoms in total. The molecule has 2 rings (SSSR count). The summed E-state index contributed by atoms with van der Waals surface area (Å²) in [6.07, 6.45) is 0. The quantitative estimate of drug-likeness (QED) is 0.828. The van der Waals surface area contributed by atoms with Crippen LogP contribution < -0.4 is 14.8 Å². The Hall–Kier alpha value is -1.75. The number of hydrogen-bond donors (Lipinski definition) is 1. The average molecular weight is 265 g/mol. The number of ether oxygens (including phenoxy) is 3. The number of nitrogens with one attached hydrogen (secondary N) is 1. The van der Waals surface area contributed by atoms with Crippen molar-refractivity contribution in [2.24, 2.45) is 5.92 Å². The van der Waals surface area contributed by atoms with E-state index in [0.29, 0.717) is 6.54 Å². The van der Waals surface area contributed by atoms with Gasteiger partial charge in [-0.05, 0) is 18.2 Å². The third-order valence-corrected chi connectivity index (χ3v) is 3.55. The van der Waals surface area contributed by atoms with E-state index < -0.39 is 0 Å². The second kappa shape index (κ2) is 5.93. The Balaban J connectivity index is 2.36. The van der Waals surface area contributed by atoms with E-state index in [1.54, 1.807) is 14.2 Å². The van der Waals surface area contributed by atoms with Gasteiger partial charge in [0, 0.05) is 24.6 Å². The van der Waals surface area contributed by atoms with Crippen LogP contribution in [0, 0.1) is 5.92 Å². The van der Waals surface area contributed by atoms with Crippen LogP contribution in [0.25, 0.3) is 0 Å². The summed E-state index contributed by atoms with van der Waals surface area (Å²) in [7, 11) is 4.66. The van der Waals surface area contributed by atoms with Crippen LogP contribution in [0.1, 0.15) is 11.5 Å². The van der Waals surface area contributed by atoms with Crippen molar-refractivity contribution in [2.45, 2.75) is 5.92 Å². The van der Waals surface area contributed by atoms with Crippen molar-refractivity contribution in [3.63, 3.8) is 0 Å². The van der Waals surface area contributed by atoms with Gasteiger partial charge in [-0.1, -0.05) is 0 Å². The smallest absolute Gasteiger partial charge is 0.310 e. The molecule has 2 atom stereocenters. The van der Waals surface area contributed by atoms with Gasteiger partial charge in [0.1, 0.15) is 11.5 Å². The number of carbonyl (C=O) groups is 1. The minimum absolute atomic E-state index is 0.0394. The average Bonchev–Trinajstić information content (AvgIpc) is 2.94. The number of methoxy groups -OCH3 is 3. The summed E-state index contributed by atoms with van der Waals surface area (Å²) >= 11 is 0. The van der Waals surface area contributed by atoms with E-state index >= 15 is 0 Å². The summed E-state index contributed by atoms with van der Waals surface area (Å²) < 4.78 is 15.5. The molecule has 0 spiro atoms. The highest BCUT2D eigenvalue weighted by atomic mass is 16.5. The molecule has 0 amide bonds. The predicted molar refractivity (Wildman–Crippen MR) is 70.7 cm³/mol. The normalized spacial score (nSPS) is 22.1. The van der Waals surface area contributed by atoms with Crippen LogP contribution in [0.4, 0.5) is 0 Å². The van der Waals surface area contributed by atoms with Gasteiger partial charge in [-0.2, -0.15) is 0 Å². The molecule has 1 aromatic rings. The number of rotatable bonds is 4. The molecule has 1 aliphatic heterocycles. The minimum Gasteiger partial charge on any atom is -0.497 e. The van der Waals surface area contributed by atoms with Crippen molar-refractivity contribution in [2.75, 3.05) is 34.4 Å². The third-order valence-electron chi connectivity index (χ3n) is 3.55. The van der Waals surface area contributed by atoms with Gasteiger partial charge in [0.05, 0.1) is 27.2 Å². The van der Waals surface area contributed by atoms with Crippen LogP contribution in [0.5, 0.6) is 11.5 Å². The number of esters is 1. The zero-order valence-corrected chi connectivity index (χ0v) is 11.4. The first-order valence-electron chi connectivity index (χ1n) is 6.21. The van der Waals surface area contributed by atoms with Crippen LogP contribution >= 0.6 is 0 Å². The van der Waals surface area contributed by atoms with E-state index in [1.807, 2.05) is 18.2 Å². The molecule has 0 bridgehead atoms. The summed E-state index contributed by atoms with van der Waals surface area (Å²) in [6, 6.07) is 5.63. The van der Waals surface area contributed by atoms with Gasteiger partial charge >= 0.3 is 5.97 Å². The fraction of sp³-hybridized carbons (Fsp3) is 0.500. The minimum atomic E-state index is -0.195. The topological polar surface area (TPSA) is 56.8 Å². The lowest BCUT2D eigenvalue weighted by Gasteiger charge is -2.20. The second-order valence-electron chi connectivity index (χ2n) is 4.50. The summed E-state index contributed by atoms with van der Waals surface area (Å²) in [5.41, 5.74) is 0.974. The molecule has 1 saturated heterocycles. The Labute approximate surface area is 112 Å². The zero-order valence-electron chi connectivity index (χ0n) is 11.4. The Bertz CT molecular complexity index is 461. The molecule has 19 heavy (non-hydrogen) atoms. The van der Waals surface area contributed by atoms with Gasteiger partial charge in [-0.3, -0.25) is 4.79 Å². The maximum atomic E-state index is 11.8. The van der Waals surface area contributed by atoms with Crippen molar-refractivity contribution in [3.8, 4) is 11.5 Å². The highest BCUT2D eigenvalue weighted by Crippen LogP contribution is 2.37. The van der Waals surface area contributed by atoms with Crippen molar-refractivity contribution >= 4 is 5.97 Å². The number of hydrogen-bond acceptors (Lipinski definition) is 5. The molecule has 1 N–H and O–H groups in total. The molecule has 104 valence electrons. The van der Waals surface area contributed by atoms with Gasteiger partial charge in [0.25, 0.3) is 0 Å². The molecule has 0 radical (unpaired) electrons. The van der Waals surface area contributed by atoms with Gasteiger partial charge in [0.2, 0.25) is 0 Å². The van der Waals surface area contributed by atoms with E-state index in [4.69, 9.17) is 14.2 Å². The molecule has 2 unspecified atom stereocenters. The van der Waals surface area contributed by atoms with Gasteiger partial charge < -0.3 is 19.5 Å². The molecule has 1 fully saturated rings. The zero-order chi connectivity index (χ0) is 13.8. The molecular weight excluding hydrogens is 246 g/mol. The maximum absolute atomic E-state index is 11.8. The van der Waals surface area contributed by atoms with E-state index in [1.165, 1.54) is 7.11 Å². The monoisotopic (exact) mass is 265 g/mol. The molecule has 1 aliphatic rings. The van der Waals surface area contributed by atoms with Crippen molar-refractivity contribution in [3.05, 3.63) is 23.8 Å². The lowest BCUT2D eigenvalue weighted by atomic mass is 9.88.